The quantitative estimate of drug-likeness (QED) is 0.208. The van der Waals surface area contributed by atoms with Crippen molar-refractivity contribution < 1.29 is 9.59 Å². The molecule has 2 aromatic carbocycles. The third-order valence-corrected chi connectivity index (χ3v) is 9.48. The van der Waals surface area contributed by atoms with Gasteiger partial charge in [-0.1, -0.05) is 50.2 Å². The zero-order valence-corrected chi connectivity index (χ0v) is 26.4. The summed E-state index contributed by atoms with van der Waals surface area (Å²) in [5, 5.41) is 0. The number of benzene rings is 2. The van der Waals surface area contributed by atoms with Gasteiger partial charge in [-0.3, -0.25) is 9.59 Å². The number of nitrogens with zero attached hydrogens (tertiary/aromatic N) is 4. The summed E-state index contributed by atoms with van der Waals surface area (Å²) in [5.41, 5.74) is 8.97. The predicted molar refractivity (Wildman–Crippen MR) is 174 cm³/mol. The summed E-state index contributed by atoms with van der Waals surface area (Å²) in [4.78, 5) is 45.7. The number of aromatic amines is 2. The fourth-order valence-corrected chi connectivity index (χ4v) is 6.96. The number of carbonyl (C=O) groups is 2. The third kappa shape index (κ3) is 5.70. The van der Waals surface area contributed by atoms with Crippen molar-refractivity contribution in [1.29, 1.82) is 0 Å². The molecule has 0 bridgehead atoms. The number of nitrogens with one attached hydrogen (secondary N) is 2. The van der Waals surface area contributed by atoms with E-state index in [1.807, 2.05) is 29.1 Å². The summed E-state index contributed by atoms with van der Waals surface area (Å²) in [6.45, 7) is 10.1. The number of hydrogen-bond donors (Lipinski definition) is 2. The van der Waals surface area contributed by atoms with Crippen molar-refractivity contribution in [3.8, 4) is 33.6 Å². The zero-order valence-electron chi connectivity index (χ0n) is 26.4. The van der Waals surface area contributed by atoms with Crippen molar-refractivity contribution in [3.63, 3.8) is 0 Å². The van der Waals surface area contributed by atoms with Gasteiger partial charge in [0.05, 0.1) is 35.9 Å². The number of imidazole rings is 2. The minimum absolute atomic E-state index is 0.0357. The average molecular weight is 593 g/mol. The van der Waals surface area contributed by atoms with Crippen LogP contribution >= 0.6 is 0 Å². The lowest BCUT2D eigenvalue weighted by atomic mass is 9.92. The summed E-state index contributed by atoms with van der Waals surface area (Å²) in [7, 11) is 0. The Bertz CT molecular complexity index is 1630. The Hall–Kier alpha value is -4.20. The van der Waals surface area contributed by atoms with E-state index in [1.165, 1.54) is 16.7 Å². The van der Waals surface area contributed by atoms with Crippen LogP contribution in [0.4, 0.5) is 0 Å². The number of rotatable bonds is 9. The van der Waals surface area contributed by atoms with Gasteiger partial charge in [0, 0.05) is 31.5 Å². The largest absolute Gasteiger partial charge is 0.340 e. The van der Waals surface area contributed by atoms with Crippen LogP contribution in [-0.2, 0) is 9.59 Å². The molecule has 2 amide bonds. The fourth-order valence-electron chi connectivity index (χ4n) is 6.96. The third-order valence-electron chi connectivity index (χ3n) is 9.48. The van der Waals surface area contributed by atoms with Gasteiger partial charge < -0.3 is 19.8 Å². The molecule has 2 atom stereocenters. The van der Waals surface area contributed by atoms with E-state index in [1.54, 1.807) is 0 Å². The van der Waals surface area contributed by atoms with Crippen molar-refractivity contribution >= 4 is 11.8 Å². The number of hydrogen-bond acceptors (Lipinski definition) is 4. The molecule has 2 aromatic heterocycles. The number of aromatic nitrogens is 4. The molecule has 2 N–H and O–H groups in total. The van der Waals surface area contributed by atoms with Crippen LogP contribution < -0.4 is 0 Å². The lowest BCUT2D eigenvalue weighted by Gasteiger charge is -2.23. The molecule has 44 heavy (non-hydrogen) atoms. The predicted octanol–water partition coefficient (Wildman–Crippen LogP) is 7.68. The fraction of sp³-hybridized carbons (Fsp3) is 0.444. The molecule has 0 radical (unpaired) electrons. The van der Waals surface area contributed by atoms with Crippen LogP contribution in [0.1, 0.15) is 100 Å². The maximum absolute atomic E-state index is 12.7. The molecule has 0 saturated carbocycles. The van der Waals surface area contributed by atoms with Crippen LogP contribution in [0.5, 0.6) is 0 Å². The highest BCUT2D eigenvalue weighted by Crippen LogP contribution is 2.36. The topological polar surface area (TPSA) is 98.0 Å². The highest BCUT2D eigenvalue weighted by atomic mass is 16.2. The molecule has 2 saturated heterocycles. The van der Waals surface area contributed by atoms with E-state index < -0.39 is 0 Å². The van der Waals surface area contributed by atoms with Crippen LogP contribution in [0, 0.1) is 13.8 Å². The Kier molecular flexibility index (Phi) is 8.69. The second kappa shape index (κ2) is 12.8. The molecule has 6 rings (SSSR count). The smallest absolute Gasteiger partial charge is 0.223 e. The molecular formula is C36H44N6O2. The first kappa shape index (κ1) is 29.9. The maximum atomic E-state index is 12.7. The molecule has 4 aromatic rings. The van der Waals surface area contributed by atoms with Crippen molar-refractivity contribution in [2.45, 2.75) is 91.1 Å². The van der Waals surface area contributed by atoms with Crippen molar-refractivity contribution in [2.24, 2.45) is 0 Å². The minimum atomic E-state index is 0.0357. The van der Waals surface area contributed by atoms with Gasteiger partial charge >= 0.3 is 0 Å². The number of carbonyl (C=O) groups excluding carboxylic acids is 2. The Morgan fingerprint density at radius 2 is 1.18 bits per heavy atom. The van der Waals surface area contributed by atoms with E-state index in [0.717, 1.165) is 91.3 Å². The van der Waals surface area contributed by atoms with Crippen molar-refractivity contribution in [3.05, 3.63) is 71.6 Å². The molecule has 2 fully saturated rings. The summed E-state index contributed by atoms with van der Waals surface area (Å²) < 4.78 is 0. The normalized spacial score (nSPS) is 18.4. The maximum Gasteiger partial charge on any atom is 0.223 e. The minimum Gasteiger partial charge on any atom is -0.340 e. The molecule has 0 spiro atoms. The SMILES string of the molecule is CCCC(=O)N1CCCC1c1ncc(-c2ccc(-c3ccc(-c4cnc([C@@H]5CCCN5C(=O)CCC)[nH]4)c(C)c3C)cc2)[nH]1. The zero-order chi connectivity index (χ0) is 30.8. The molecular weight excluding hydrogens is 548 g/mol. The summed E-state index contributed by atoms with van der Waals surface area (Å²) in [6, 6.07) is 13.0. The Morgan fingerprint density at radius 3 is 1.75 bits per heavy atom. The molecule has 8 nitrogen and oxygen atoms in total. The molecule has 1 unspecified atom stereocenters. The van der Waals surface area contributed by atoms with E-state index in [9.17, 15) is 9.59 Å². The van der Waals surface area contributed by atoms with E-state index in [-0.39, 0.29) is 23.9 Å². The molecule has 8 heteroatoms. The van der Waals surface area contributed by atoms with Crippen LogP contribution in [0.2, 0.25) is 0 Å². The van der Waals surface area contributed by atoms with Gasteiger partial charge in [-0.05, 0) is 80.2 Å². The Balaban J connectivity index is 1.18. The van der Waals surface area contributed by atoms with E-state index in [2.05, 4.69) is 72.1 Å². The van der Waals surface area contributed by atoms with Gasteiger partial charge in [-0.15, -0.1) is 0 Å². The average Bonchev–Trinajstić information content (AvgIpc) is 3.85. The number of H-pyrrole nitrogens is 2. The standard InChI is InChI=1S/C36H44N6O2/c1-5-9-33(43)41-19-7-11-31(41)35-37-21-29(39-35)26-15-13-25(14-16-26)27-17-18-28(24(4)23(27)3)30-22-38-36(40-30)32-12-8-20-42(32)34(44)10-6-2/h13-18,21-22,31-32H,5-12,19-20H2,1-4H3,(H,37,39)(H,38,40)/t31?,32-/m0/s1. The highest BCUT2D eigenvalue weighted by Gasteiger charge is 2.32. The lowest BCUT2D eigenvalue weighted by molar-refractivity contribution is -0.133. The first-order valence-electron chi connectivity index (χ1n) is 16.3. The second-order valence-corrected chi connectivity index (χ2v) is 12.3. The monoisotopic (exact) mass is 592 g/mol. The van der Waals surface area contributed by atoms with Crippen LogP contribution in [-0.4, -0.2) is 54.6 Å². The van der Waals surface area contributed by atoms with Crippen molar-refractivity contribution in [2.75, 3.05) is 13.1 Å². The summed E-state index contributed by atoms with van der Waals surface area (Å²) in [5.74, 6) is 2.21. The van der Waals surface area contributed by atoms with E-state index >= 15 is 0 Å². The van der Waals surface area contributed by atoms with E-state index in [4.69, 9.17) is 4.98 Å². The number of likely N-dealkylation sites (tertiary alicyclic amines) is 2. The van der Waals surface area contributed by atoms with Crippen molar-refractivity contribution in [1.82, 2.24) is 29.7 Å². The first-order chi connectivity index (χ1) is 21.4. The van der Waals surface area contributed by atoms with Crippen LogP contribution in [0.25, 0.3) is 33.6 Å². The first-order valence-corrected chi connectivity index (χ1v) is 16.3. The van der Waals surface area contributed by atoms with Gasteiger partial charge in [-0.25, -0.2) is 9.97 Å². The molecule has 2 aliphatic rings. The second-order valence-electron chi connectivity index (χ2n) is 12.3. The molecule has 2 aliphatic heterocycles. The Morgan fingerprint density at radius 1 is 0.705 bits per heavy atom. The summed E-state index contributed by atoms with van der Waals surface area (Å²) in [6.07, 6.45) is 10.7. The van der Waals surface area contributed by atoms with Gasteiger partial charge in [0.25, 0.3) is 0 Å². The molecule has 4 heterocycles. The molecule has 0 aliphatic carbocycles. The van der Waals surface area contributed by atoms with Crippen LogP contribution in [0.3, 0.4) is 0 Å². The van der Waals surface area contributed by atoms with E-state index in [0.29, 0.717) is 12.8 Å². The number of amides is 2. The summed E-state index contributed by atoms with van der Waals surface area (Å²) >= 11 is 0. The van der Waals surface area contributed by atoms with Gasteiger partial charge in [0.2, 0.25) is 11.8 Å². The van der Waals surface area contributed by atoms with Gasteiger partial charge in [0.1, 0.15) is 11.6 Å². The Labute approximate surface area is 260 Å². The van der Waals surface area contributed by atoms with Gasteiger partial charge in [-0.2, -0.15) is 0 Å². The highest BCUT2D eigenvalue weighted by molar-refractivity contribution is 5.78. The molecule has 230 valence electrons. The lowest BCUT2D eigenvalue weighted by Crippen LogP contribution is -2.30. The van der Waals surface area contributed by atoms with Gasteiger partial charge in [0.15, 0.2) is 0 Å². The van der Waals surface area contributed by atoms with Crippen LogP contribution in [0.15, 0.2) is 48.8 Å².